The third-order valence-corrected chi connectivity index (χ3v) is 5.54. The summed E-state index contributed by atoms with van der Waals surface area (Å²) in [4.78, 5) is 28.6. The average molecular weight is 430 g/mol. The minimum absolute atomic E-state index is 0.0344. The molecule has 0 saturated carbocycles. The molecule has 2 rings (SSSR count). The minimum Gasteiger partial charge on any atom is -0.337 e. The summed E-state index contributed by atoms with van der Waals surface area (Å²) in [6.07, 6.45) is 0. The quantitative estimate of drug-likeness (QED) is 0.687. The van der Waals surface area contributed by atoms with E-state index in [1.807, 2.05) is 31.2 Å². The highest BCUT2D eigenvalue weighted by Crippen LogP contribution is 2.23. The lowest BCUT2D eigenvalue weighted by atomic mass is 10.2. The Morgan fingerprint density at radius 2 is 1.92 bits per heavy atom. The summed E-state index contributed by atoms with van der Waals surface area (Å²) >= 11 is 10.9. The van der Waals surface area contributed by atoms with Crippen LogP contribution in [0.3, 0.4) is 0 Å². The van der Waals surface area contributed by atoms with Gasteiger partial charge in [0, 0.05) is 25.2 Å². The summed E-state index contributed by atoms with van der Waals surface area (Å²) < 4.78 is 0.888. The van der Waals surface area contributed by atoms with Crippen LogP contribution in [0.25, 0.3) is 0 Å². The fourth-order valence-corrected chi connectivity index (χ4v) is 3.78. The molecular weight excluding hydrogens is 412 g/mol. The van der Waals surface area contributed by atoms with E-state index in [0.29, 0.717) is 23.0 Å². The molecule has 0 radical (unpaired) electrons. The smallest absolute Gasteiger partial charge is 0.264 e. The maximum atomic E-state index is 12.5. The zero-order chi connectivity index (χ0) is 17.7. The van der Waals surface area contributed by atoms with Gasteiger partial charge in [0.25, 0.3) is 5.91 Å². The average Bonchev–Trinajstić information content (AvgIpc) is 2.99. The van der Waals surface area contributed by atoms with Crippen molar-refractivity contribution in [3.63, 3.8) is 0 Å². The summed E-state index contributed by atoms with van der Waals surface area (Å²) in [6.45, 7) is 2.93. The first kappa shape index (κ1) is 19.0. The number of benzene rings is 1. The van der Waals surface area contributed by atoms with Crippen LogP contribution >= 0.6 is 38.9 Å². The number of nitrogens with zero attached hydrogens (tertiary/aromatic N) is 2. The van der Waals surface area contributed by atoms with Gasteiger partial charge in [-0.3, -0.25) is 9.59 Å². The first-order valence-corrected chi connectivity index (χ1v) is 9.43. The van der Waals surface area contributed by atoms with Crippen LogP contribution in [0.15, 0.2) is 40.2 Å². The Labute approximate surface area is 159 Å². The van der Waals surface area contributed by atoms with E-state index >= 15 is 0 Å². The second-order valence-corrected chi connectivity index (χ2v) is 8.13. The monoisotopic (exact) mass is 428 g/mol. The van der Waals surface area contributed by atoms with Crippen molar-refractivity contribution in [3.8, 4) is 0 Å². The van der Waals surface area contributed by atoms with Crippen molar-refractivity contribution < 1.29 is 9.59 Å². The van der Waals surface area contributed by atoms with E-state index < -0.39 is 0 Å². The summed E-state index contributed by atoms with van der Waals surface area (Å²) in [5.41, 5.74) is 0.894. The summed E-state index contributed by atoms with van der Waals surface area (Å²) in [6, 6.07) is 11.0. The van der Waals surface area contributed by atoms with Crippen LogP contribution in [0.5, 0.6) is 0 Å². The van der Waals surface area contributed by atoms with E-state index in [9.17, 15) is 9.59 Å². The Morgan fingerprint density at radius 3 is 2.50 bits per heavy atom. The van der Waals surface area contributed by atoms with Crippen molar-refractivity contribution in [2.24, 2.45) is 0 Å². The number of carbonyl (C=O) groups excluding carboxylic acids is 2. The maximum Gasteiger partial charge on any atom is 0.264 e. The van der Waals surface area contributed by atoms with E-state index in [1.54, 1.807) is 24.1 Å². The summed E-state index contributed by atoms with van der Waals surface area (Å²) in [7, 11) is 1.64. The maximum absolute atomic E-state index is 12.5. The van der Waals surface area contributed by atoms with Crippen molar-refractivity contribution in [2.45, 2.75) is 13.5 Å². The van der Waals surface area contributed by atoms with Crippen molar-refractivity contribution >= 4 is 50.7 Å². The van der Waals surface area contributed by atoms with E-state index in [-0.39, 0.29) is 18.4 Å². The van der Waals surface area contributed by atoms with Crippen LogP contribution in [-0.2, 0) is 11.3 Å². The van der Waals surface area contributed by atoms with Crippen LogP contribution in [0.4, 0.5) is 0 Å². The second-order valence-electron chi connectivity index (χ2n) is 5.26. The third kappa shape index (κ3) is 4.82. The molecule has 0 unspecified atom stereocenters. The van der Waals surface area contributed by atoms with Crippen LogP contribution in [0.1, 0.15) is 22.2 Å². The van der Waals surface area contributed by atoms with Crippen LogP contribution in [-0.4, -0.2) is 41.8 Å². The molecule has 4 nitrogen and oxygen atoms in total. The molecule has 0 atom stereocenters. The molecule has 1 heterocycles. The van der Waals surface area contributed by atoms with E-state index in [0.717, 1.165) is 9.35 Å². The Hall–Kier alpha value is -1.37. The predicted molar refractivity (Wildman–Crippen MR) is 102 cm³/mol. The van der Waals surface area contributed by atoms with Gasteiger partial charge < -0.3 is 9.80 Å². The minimum atomic E-state index is -0.159. The molecule has 0 fully saturated rings. The van der Waals surface area contributed by atoms with Crippen molar-refractivity contribution in [1.82, 2.24) is 9.80 Å². The highest BCUT2D eigenvalue weighted by atomic mass is 79.9. The number of halogens is 2. The molecule has 0 saturated heterocycles. The van der Waals surface area contributed by atoms with Crippen molar-refractivity contribution in [3.05, 3.63) is 55.6 Å². The normalized spacial score (nSPS) is 10.5. The first-order valence-electron chi connectivity index (χ1n) is 7.44. The highest BCUT2D eigenvalue weighted by Gasteiger charge is 2.20. The lowest BCUT2D eigenvalue weighted by molar-refractivity contribution is -0.132. The van der Waals surface area contributed by atoms with Gasteiger partial charge in [0.05, 0.1) is 15.2 Å². The number of hydrogen-bond donors (Lipinski definition) is 0. The van der Waals surface area contributed by atoms with Gasteiger partial charge in [0.1, 0.15) is 0 Å². The fraction of sp³-hybridized carbons (Fsp3) is 0.294. The van der Waals surface area contributed by atoms with Gasteiger partial charge in [-0.15, -0.1) is 11.3 Å². The Bertz CT molecular complexity index is 735. The van der Waals surface area contributed by atoms with Gasteiger partial charge in [0.15, 0.2) is 0 Å². The molecule has 1 aromatic heterocycles. The topological polar surface area (TPSA) is 40.6 Å². The molecule has 0 aliphatic rings. The number of carbonyl (C=O) groups is 2. The molecule has 128 valence electrons. The Kier molecular flexibility index (Phi) is 6.83. The van der Waals surface area contributed by atoms with Gasteiger partial charge in [-0.1, -0.05) is 29.8 Å². The second kappa shape index (κ2) is 8.65. The number of thiophene rings is 1. The fourth-order valence-electron chi connectivity index (χ4n) is 2.20. The largest absolute Gasteiger partial charge is 0.337 e. The van der Waals surface area contributed by atoms with E-state index in [1.165, 1.54) is 16.2 Å². The number of likely N-dealkylation sites (N-methyl/N-ethyl adjacent to an activating group) is 2. The van der Waals surface area contributed by atoms with Gasteiger partial charge in [-0.2, -0.15) is 0 Å². The van der Waals surface area contributed by atoms with Crippen molar-refractivity contribution in [2.75, 3.05) is 20.1 Å². The predicted octanol–water partition coefficient (Wildman–Crippen LogP) is 4.28. The van der Waals surface area contributed by atoms with Crippen LogP contribution in [0, 0.1) is 0 Å². The van der Waals surface area contributed by atoms with Crippen molar-refractivity contribution in [1.29, 1.82) is 0 Å². The van der Waals surface area contributed by atoms with Gasteiger partial charge in [0.2, 0.25) is 5.91 Å². The third-order valence-electron chi connectivity index (χ3n) is 3.56. The zero-order valence-electron chi connectivity index (χ0n) is 13.5. The van der Waals surface area contributed by atoms with Crippen LogP contribution < -0.4 is 0 Å². The molecule has 7 heteroatoms. The lowest BCUT2D eigenvalue weighted by Crippen LogP contribution is -2.40. The Morgan fingerprint density at radius 1 is 1.21 bits per heavy atom. The molecule has 0 aliphatic carbocycles. The van der Waals surface area contributed by atoms with Crippen LogP contribution in [0.2, 0.25) is 5.02 Å². The summed E-state index contributed by atoms with van der Waals surface area (Å²) in [5.74, 6) is -0.267. The molecule has 0 N–H and O–H groups in total. The number of rotatable bonds is 6. The zero-order valence-corrected chi connectivity index (χ0v) is 16.6. The lowest BCUT2D eigenvalue weighted by Gasteiger charge is -2.24. The molecule has 24 heavy (non-hydrogen) atoms. The SMILES string of the molecule is CCN(Cc1ccccc1Cl)C(=O)CN(C)C(=O)c1ccc(Br)s1. The highest BCUT2D eigenvalue weighted by molar-refractivity contribution is 9.11. The van der Waals surface area contributed by atoms with E-state index in [4.69, 9.17) is 11.6 Å². The molecule has 1 aromatic carbocycles. The molecule has 2 aromatic rings. The van der Waals surface area contributed by atoms with Gasteiger partial charge in [-0.05, 0) is 46.6 Å². The first-order chi connectivity index (χ1) is 11.4. The standard InChI is InChI=1S/C17H18BrClN2O2S/c1-3-21(10-12-6-4-5-7-13(12)19)16(22)11-20(2)17(23)14-8-9-15(18)24-14/h4-9H,3,10-11H2,1-2H3. The summed E-state index contributed by atoms with van der Waals surface area (Å²) in [5, 5.41) is 0.636. The van der Waals surface area contributed by atoms with E-state index in [2.05, 4.69) is 15.9 Å². The molecule has 0 bridgehead atoms. The molecule has 0 spiro atoms. The number of hydrogen-bond acceptors (Lipinski definition) is 3. The molecule has 2 amide bonds. The van der Waals surface area contributed by atoms with Gasteiger partial charge >= 0.3 is 0 Å². The number of amides is 2. The molecular formula is C17H18BrClN2O2S. The Balaban J connectivity index is 2.01. The van der Waals surface area contributed by atoms with Gasteiger partial charge in [-0.25, -0.2) is 0 Å². The molecule has 0 aliphatic heterocycles.